The van der Waals surface area contributed by atoms with Crippen LogP contribution in [0.1, 0.15) is 0 Å². The van der Waals surface area contributed by atoms with E-state index in [4.69, 9.17) is 5.84 Å². The first kappa shape index (κ1) is 5.23. The van der Waals surface area contributed by atoms with Crippen molar-refractivity contribution in [3.63, 3.8) is 0 Å². The fourth-order valence-corrected chi connectivity index (χ4v) is 0.105. The van der Waals surface area contributed by atoms with Crippen LogP contribution >= 0.6 is 0 Å². The van der Waals surface area contributed by atoms with Crippen molar-refractivity contribution in [2.24, 2.45) is 16.8 Å². The summed E-state index contributed by atoms with van der Waals surface area (Å²) in [6.07, 6.45) is 1.31. The van der Waals surface area contributed by atoms with E-state index in [1.165, 1.54) is 11.3 Å². The highest BCUT2D eigenvalue weighted by molar-refractivity contribution is 5.52. The van der Waals surface area contributed by atoms with Gasteiger partial charge in [0.05, 0.1) is 0 Å². The second-order valence-corrected chi connectivity index (χ2v) is 0.930. The molecular formula is C2H8N4. The fraction of sp³-hybridized carbons (Fsp3) is 0.500. The second kappa shape index (κ2) is 2.47. The van der Waals surface area contributed by atoms with E-state index in [1.54, 1.807) is 7.05 Å². The molecule has 0 aliphatic carbocycles. The minimum Gasteiger partial charge on any atom is -0.322 e. The molecule has 4 nitrogen and oxygen atoms in total. The third-order valence-electron chi connectivity index (χ3n) is 0.249. The number of hydrazone groups is 1. The van der Waals surface area contributed by atoms with Crippen LogP contribution in [0.4, 0.5) is 0 Å². The van der Waals surface area contributed by atoms with Crippen LogP contribution in [-0.4, -0.2) is 18.4 Å². The Balaban J connectivity index is 3.03. The lowest BCUT2D eigenvalue weighted by Crippen LogP contribution is -2.24. The molecule has 4 N–H and O–H groups in total. The summed E-state index contributed by atoms with van der Waals surface area (Å²) in [6, 6.07) is 0. The topological polar surface area (TPSA) is 67.6 Å². The SMILES string of the molecule is CN(N)C=NN. The second-order valence-electron chi connectivity index (χ2n) is 0.930. The number of hydrogen-bond donors (Lipinski definition) is 2. The van der Waals surface area contributed by atoms with Gasteiger partial charge in [-0.1, -0.05) is 0 Å². The molecule has 0 aromatic carbocycles. The van der Waals surface area contributed by atoms with Crippen molar-refractivity contribution in [3.8, 4) is 0 Å². The average Bonchev–Trinajstić information content (AvgIpc) is 1.35. The fourth-order valence-electron chi connectivity index (χ4n) is 0.105. The highest BCUT2D eigenvalue weighted by Gasteiger charge is 1.68. The minimum atomic E-state index is 1.26. The quantitative estimate of drug-likeness (QED) is 0.181. The molecule has 36 valence electrons. The highest BCUT2D eigenvalue weighted by Crippen LogP contribution is 1.49. The summed E-state index contributed by atoms with van der Waals surface area (Å²) >= 11 is 0. The molecule has 0 amide bonds. The Morgan fingerprint density at radius 2 is 2.33 bits per heavy atom. The predicted octanol–water partition coefficient (Wildman–Crippen LogP) is -1.31. The van der Waals surface area contributed by atoms with Gasteiger partial charge in [0.15, 0.2) is 0 Å². The molecule has 0 rings (SSSR count). The van der Waals surface area contributed by atoms with Crippen LogP contribution < -0.4 is 11.7 Å². The van der Waals surface area contributed by atoms with E-state index in [1.807, 2.05) is 0 Å². The lowest BCUT2D eigenvalue weighted by molar-refractivity contribution is 0.554. The zero-order valence-electron chi connectivity index (χ0n) is 3.63. The highest BCUT2D eigenvalue weighted by atomic mass is 15.4. The zero-order valence-corrected chi connectivity index (χ0v) is 3.63. The van der Waals surface area contributed by atoms with Gasteiger partial charge in [0.25, 0.3) is 0 Å². The van der Waals surface area contributed by atoms with Crippen LogP contribution in [-0.2, 0) is 0 Å². The molecule has 0 radical (unpaired) electrons. The van der Waals surface area contributed by atoms with Gasteiger partial charge in [-0.15, -0.1) is 0 Å². The summed E-state index contributed by atoms with van der Waals surface area (Å²) in [6.45, 7) is 0. The van der Waals surface area contributed by atoms with Crippen molar-refractivity contribution in [3.05, 3.63) is 0 Å². The van der Waals surface area contributed by atoms with Crippen LogP contribution in [0.15, 0.2) is 5.10 Å². The Hall–Kier alpha value is -0.770. The van der Waals surface area contributed by atoms with Gasteiger partial charge in [-0.25, -0.2) is 5.84 Å². The number of hydrazine groups is 1. The van der Waals surface area contributed by atoms with Crippen LogP contribution in [0, 0.1) is 0 Å². The van der Waals surface area contributed by atoms with E-state index < -0.39 is 0 Å². The van der Waals surface area contributed by atoms with Crippen LogP contribution in [0.3, 0.4) is 0 Å². The summed E-state index contributed by atoms with van der Waals surface area (Å²) in [7, 11) is 1.64. The van der Waals surface area contributed by atoms with Gasteiger partial charge < -0.3 is 10.9 Å². The molecule has 0 spiro atoms. The first-order chi connectivity index (χ1) is 2.77. The Bertz CT molecular complexity index is 47.5. The van der Waals surface area contributed by atoms with Gasteiger partial charge in [0.2, 0.25) is 0 Å². The molecular weight excluding hydrogens is 80.1 g/mol. The maximum absolute atomic E-state index is 5.01. The van der Waals surface area contributed by atoms with Gasteiger partial charge in [0, 0.05) is 7.05 Å². The third kappa shape index (κ3) is 3.23. The smallest absolute Gasteiger partial charge is 0.124 e. The van der Waals surface area contributed by atoms with Crippen molar-refractivity contribution in [1.29, 1.82) is 0 Å². The van der Waals surface area contributed by atoms with Crippen LogP contribution in [0.5, 0.6) is 0 Å². The summed E-state index contributed by atoms with van der Waals surface area (Å²) in [5, 5.41) is 4.38. The number of nitrogens with zero attached hydrogens (tertiary/aromatic N) is 2. The summed E-state index contributed by atoms with van der Waals surface area (Å²) in [4.78, 5) is 0. The van der Waals surface area contributed by atoms with E-state index >= 15 is 0 Å². The molecule has 0 bridgehead atoms. The molecule has 0 atom stereocenters. The number of rotatable bonds is 1. The van der Waals surface area contributed by atoms with Gasteiger partial charge >= 0.3 is 0 Å². The zero-order chi connectivity index (χ0) is 4.99. The normalized spacial score (nSPS) is 9.67. The monoisotopic (exact) mass is 88.1 g/mol. The Morgan fingerprint density at radius 1 is 1.83 bits per heavy atom. The predicted molar refractivity (Wildman–Crippen MR) is 24.6 cm³/mol. The maximum Gasteiger partial charge on any atom is 0.124 e. The van der Waals surface area contributed by atoms with Gasteiger partial charge in [-0.3, -0.25) is 0 Å². The average molecular weight is 88.1 g/mol. The Labute approximate surface area is 36.4 Å². The standard InChI is InChI=1S/C2H8N4/c1-6(4)2-5-3/h2H,3-4H2,1H3. The summed E-state index contributed by atoms with van der Waals surface area (Å²) in [5.41, 5.74) is 0. The van der Waals surface area contributed by atoms with Gasteiger partial charge in [0.1, 0.15) is 6.34 Å². The van der Waals surface area contributed by atoms with E-state index in [2.05, 4.69) is 10.9 Å². The first-order valence-electron chi connectivity index (χ1n) is 1.48. The largest absolute Gasteiger partial charge is 0.322 e. The van der Waals surface area contributed by atoms with Gasteiger partial charge in [-0.2, -0.15) is 5.10 Å². The molecule has 0 fully saturated rings. The summed E-state index contributed by atoms with van der Waals surface area (Å²) in [5.74, 6) is 9.68. The molecule has 0 unspecified atom stereocenters. The molecule has 0 aromatic rings. The van der Waals surface area contributed by atoms with Crippen molar-refractivity contribution >= 4 is 6.34 Å². The van der Waals surface area contributed by atoms with E-state index in [0.717, 1.165) is 0 Å². The molecule has 0 saturated carbocycles. The number of hydrogen-bond acceptors (Lipinski definition) is 3. The molecule has 0 heterocycles. The summed E-state index contributed by atoms with van der Waals surface area (Å²) < 4.78 is 0. The Morgan fingerprint density at radius 3 is 2.33 bits per heavy atom. The van der Waals surface area contributed by atoms with Crippen molar-refractivity contribution in [1.82, 2.24) is 5.01 Å². The lowest BCUT2D eigenvalue weighted by Gasteiger charge is -1.97. The first-order valence-corrected chi connectivity index (χ1v) is 1.48. The lowest BCUT2D eigenvalue weighted by atomic mass is 11.1. The van der Waals surface area contributed by atoms with Crippen molar-refractivity contribution in [2.75, 3.05) is 7.05 Å². The van der Waals surface area contributed by atoms with E-state index in [0.29, 0.717) is 0 Å². The van der Waals surface area contributed by atoms with Crippen LogP contribution in [0.25, 0.3) is 0 Å². The van der Waals surface area contributed by atoms with E-state index in [9.17, 15) is 0 Å². The molecule has 0 aliphatic heterocycles. The maximum atomic E-state index is 5.01. The molecule has 0 saturated heterocycles. The molecule has 6 heavy (non-hydrogen) atoms. The van der Waals surface area contributed by atoms with Crippen LogP contribution in [0.2, 0.25) is 0 Å². The van der Waals surface area contributed by atoms with Gasteiger partial charge in [-0.05, 0) is 0 Å². The third-order valence-corrected chi connectivity index (χ3v) is 0.249. The molecule has 0 aliphatic rings. The molecule has 0 aromatic heterocycles. The van der Waals surface area contributed by atoms with Crippen molar-refractivity contribution in [2.45, 2.75) is 0 Å². The van der Waals surface area contributed by atoms with Crippen molar-refractivity contribution < 1.29 is 0 Å². The Kier molecular flexibility index (Phi) is 2.15. The minimum absolute atomic E-state index is 1.26. The number of nitrogens with two attached hydrogens (primary N) is 2. The van der Waals surface area contributed by atoms with E-state index in [-0.39, 0.29) is 0 Å². The molecule has 4 heteroatoms.